The number of benzene rings is 2. The molecule has 3 amide bonds. The van der Waals surface area contributed by atoms with Crippen LogP contribution in [-0.4, -0.2) is 62.0 Å². The Morgan fingerprint density at radius 2 is 1.94 bits per heavy atom. The largest absolute Gasteiger partial charge is 0.496 e. The summed E-state index contributed by atoms with van der Waals surface area (Å²) in [5, 5.41) is 6.31. The summed E-state index contributed by atoms with van der Waals surface area (Å²) in [6.07, 6.45) is 1.22. The molecular weight excluding hydrogens is 470 g/mol. The van der Waals surface area contributed by atoms with Gasteiger partial charge in [0.1, 0.15) is 18.1 Å². The van der Waals surface area contributed by atoms with Crippen LogP contribution in [0.4, 0.5) is 0 Å². The normalized spacial score (nSPS) is 17.9. The van der Waals surface area contributed by atoms with Crippen molar-refractivity contribution in [2.45, 2.75) is 32.7 Å². The Bertz CT molecular complexity index is 1060. The highest BCUT2D eigenvalue weighted by molar-refractivity contribution is 6.31. The van der Waals surface area contributed by atoms with Gasteiger partial charge in [0.05, 0.1) is 30.8 Å². The van der Waals surface area contributed by atoms with E-state index in [2.05, 4.69) is 10.6 Å². The van der Waals surface area contributed by atoms with E-state index in [0.717, 1.165) is 0 Å². The summed E-state index contributed by atoms with van der Waals surface area (Å²) >= 11 is 6.11. The molecule has 188 valence electrons. The van der Waals surface area contributed by atoms with Crippen LogP contribution in [0.1, 0.15) is 47.4 Å². The molecule has 3 rings (SSSR count). The van der Waals surface area contributed by atoms with Crippen molar-refractivity contribution in [1.29, 1.82) is 0 Å². The molecule has 0 spiro atoms. The number of carbonyl (C=O) groups is 3. The van der Waals surface area contributed by atoms with Crippen molar-refractivity contribution in [3.05, 3.63) is 58.6 Å². The number of para-hydroxylation sites is 1. The first-order valence-corrected chi connectivity index (χ1v) is 12.1. The van der Waals surface area contributed by atoms with Crippen LogP contribution in [-0.2, 0) is 4.79 Å². The highest BCUT2D eigenvalue weighted by Crippen LogP contribution is 2.24. The second kappa shape index (κ2) is 12.4. The van der Waals surface area contributed by atoms with Crippen molar-refractivity contribution in [1.82, 2.24) is 15.5 Å². The molecule has 35 heavy (non-hydrogen) atoms. The number of hydrogen-bond donors (Lipinski definition) is 2. The van der Waals surface area contributed by atoms with Crippen molar-refractivity contribution in [2.24, 2.45) is 5.92 Å². The lowest BCUT2D eigenvalue weighted by molar-refractivity contribution is -0.123. The van der Waals surface area contributed by atoms with Gasteiger partial charge in [-0.05, 0) is 49.1 Å². The molecule has 2 aromatic carbocycles. The van der Waals surface area contributed by atoms with E-state index in [4.69, 9.17) is 21.1 Å². The molecule has 0 saturated heterocycles. The molecule has 0 bridgehead atoms. The fourth-order valence-electron chi connectivity index (χ4n) is 3.78. The summed E-state index contributed by atoms with van der Waals surface area (Å²) in [5.41, 5.74) is 0.735. The van der Waals surface area contributed by atoms with Crippen molar-refractivity contribution < 1.29 is 23.9 Å². The first-order valence-electron chi connectivity index (χ1n) is 11.7. The standard InChI is InChI=1S/C26H32ClN3O5/c1-17(2)21-16-35-23-11-10-18(27)14-20(23)25(32)28-12-6-7-13-30(15-24(31)29-21)26(33)19-8-4-5-9-22(19)34-3/h4-5,8-11,14,17,21H,6-7,12-13,15-16H2,1-3H3,(H,28,32)(H,29,31)/t21-/m1/s1. The quantitative estimate of drug-likeness (QED) is 0.670. The van der Waals surface area contributed by atoms with Gasteiger partial charge in [0, 0.05) is 18.1 Å². The summed E-state index contributed by atoms with van der Waals surface area (Å²) in [5.74, 6) is 0.0453. The molecule has 0 saturated carbocycles. The zero-order valence-electron chi connectivity index (χ0n) is 20.3. The van der Waals surface area contributed by atoms with Crippen molar-refractivity contribution in [2.75, 3.05) is 33.4 Å². The van der Waals surface area contributed by atoms with E-state index in [1.54, 1.807) is 42.5 Å². The molecule has 8 nitrogen and oxygen atoms in total. The Labute approximate surface area is 210 Å². The Balaban J connectivity index is 1.84. The molecule has 1 aliphatic rings. The second-order valence-electron chi connectivity index (χ2n) is 8.76. The third-order valence-electron chi connectivity index (χ3n) is 5.86. The molecule has 2 aromatic rings. The monoisotopic (exact) mass is 501 g/mol. The molecule has 9 heteroatoms. The Hall–Kier alpha value is -3.26. The lowest BCUT2D eigenvalue weighted by Crippen LogP contribution is -2.48. The number of carbonyl (C=O) groups excluding carboxylic acids is 3. The molecule has 0 fully saturated rings. The number of hydrogen-bond acceptors (Lipinski definition) is 5. The van der Waals surface area contributed by atoms with Crippen LogP contribution in [0.5, 0.6) is 11.5 Å². The minimum atomic E-state index is -0.331. The molecule has 1 atom stereocenters. The summed E-state index contributed by atoms with van der Waals surface area (Å²) in [7, 11) is 1.51. The zero-order chi connectivity index (χ0) is 25.4. The van der Waals surface area contributed by atoms with Crippen LogP contribution < -0.4 is 20.1 Å². The maximum Gasteiger partial charge on any atom is 0.258 e. The average molecular weight is 502 g/mol. The summed E-state index contributed by atoms with van der Waals surface area (Å²) in [4.78, 5) is 40.6. The number of fused-ring (bicyclic) bond motifs is 1. The van der Waals surface area contributed by atoms with Gasteiger partial charge in [-0.25, -0.2) is 0 Å². The molecule has 2 N–H and O–H groups in total. The van der Waals surface area contributed by atoms with E-state index in [1.807, 2.05) is 13.8 Å². The SMILES string of the molecule is COc1ccccc1C(=O)N1CCCCNC(=O)c2cc(Cl)ccc2OC[C@H](C(C)C)NC(=O)C1. The van der Waals surface area contributed by atoms with Crippen LogP contribution in [0.2, 0.25) is 5.02 Å². The Morgan fingerprint density at radius 1 is 1.17 bits per heavy atom. The number of amides is 3. The summed E-state index contributed by atoms with van der Waals surface area (Å²) < 4.78 is 11.3. The minimum Gasteiger partial charge on any atom is -0.496 e. The number of nitrogens with zero attached hydrogens (tertiary/aromatic N) is 1. The molecule has 0 unspecified atom stereocenters. The highest BCUT2D eigenvalue weighted by Gasteiger charge is 2.25. The van der Waals surface area contributed by atoms with E-state index in [9.17, 15) is 14.4 Å². The minimum absolute atomic E-state index is 0.0533. The smallest absolute Gasteiger partial charge is 0.258 e. The predicted molar refractivity (Wildman–Crippen MR) is 134 cm³/mol. The van der Waals surface area contributed by atoms with Gasteiger partial charge in [0.15, 0.2) is 0 Å². The fourth-order valence-corrected chi connectivity index (χ4v) is 3.95. The highest BCUT2D eigenvalue weighted by atomic mass is 35.5. The van der Waals surface area contributed by atoms with Crippen LogP contribution in [0, 0.1) is 5.92 Å². The predicted octanol–water partition coefficient (Wildman–Crippen LogP) is 3.53. The lowest BCUT2D eigenvalue weighted by atomic mass is 10.1. The first kappa shape index (κ1) is 26.3. The summed E-state index contributed by atoms with van der Waals surface area (Å²) in [6, 6.07) is 11.5. The van der Waals surface area contributed by atoms with Gasteiger partial charge in [0.2, 0.25) is 5.91 Å². The van der Waals surface area contributed by atoms with Crippen molar-refractivity contribution in [3.8, 4) is 11.5 Å². The van der Waals surface area contributed by atoms with Gasteiger partial charge in [-0.2, -0.15) is 0 Å². The topological polar surface area (TPSA) is 97.0 Å². The van der Waals surface area contributed by atoms with E-state index in [1.165, 1.54) is 12.0 Å². The maximum atomic E-state index is 13.3. The number of rotatable bonds is 3. The van der Waals surface area contributed by atoms with Crippen LogP contribution in [0.3, 0.4) is 0 Å². The van der Waals surface area contributed by atoms with Gasteiger partial charge in [-0.1, -0.05) is 37.6 Å². The number of methoxy groups -OCH3 is 1. The molecular formula is C26H32ClN3O5. The van der Waals surface area contributed by atoms with Gasteiger partial charge in [-0.15, -0.1) is 0 Å². The third kappa shape index (κ3) is 7.11. The van der Waals surface area contributed by atoms with Crippen molar-refractivity contribution >= 4 is 29.3 Å². The Morgan fingerprint density at radius 3 is 2.69 bits per heavy atom. The Kier molecular flexibility index (Phi) is 9.37. The number of halogens is 1. The fraction of sp³-hybridized carbons (Fsp3) is 0.423. The zero-order valence-corrected chi connectivity index (χ0v) is 21.1. The van der Waals surface area contributed by atoms with Crippen LogP contribution >= 0.6 is 11.6 Å². The second-order valence-corrected chi connectivity index (χ2v) is 9.20. The molecule has 1 heterocycles. The lowest BCUT2D eigenvalue weighted by Gasteiger charge is -2.26. The van der Waals surface area contributed by atoms with E-state index in [0.29, 0.717) is 53.6 Å². The van der Waals surface area contributed by atoms with Gasteiger partial charge < -0.3 is 25.0 Å². The van der Waals surface area contributed by atoms with Crippen LogP contribution in [0.15, 0.2) is 42.5 Å². The molecule has 0 aromatic heterocycles. The number of nitrogens with one attached hydrogen (secondary N) is 2. The average Bonchev–Trinajstić information content (AvgIpc) is 2.85. The van der Waals surface area contributed by atoms with Gasteiger partial charge >= 0.3 is 0 Å². The maximum absolute atomic E-state index is 13.3. The first-order chi connectivity index (χ1) is 16.8. The summed E-state index contributed by atoms with van der Waals surface area (Å²) in [6.45, 7) is 4.75. The van der Waals surface area contributed by atoms with Crippen molar-refractivity contribution in [3.63, 3.8) is 0 Å². The molecule has 0 aliphatic carbocycles. The van der Waals surface area contributed by atoms with E-state index >= 15 is 0 Å². The molecule has 1 aliphatic heterocycles. The van der Waals surface area contributed by atoms with E-state index < -0.39 is 0 Å². The molecule has 0 radical (unpaired) electrons. The number of ether oxygens (including phenoxy) is 2. The van der Waals surface area contributed by atoms with Gasteiger partial charge in [0.25, 0.3) is 11.8 Å². The third-order valence-corrected chi connectivity index (χ3v) is 6.09. The van der Waals surface area contributed by atoms with Gasteiger partial charge in [-0.3, -0.25) is 14.4 Å². The van der Waals surface area contributed by atoms with Crippen LogP contribution in [0.25, 0.3) is 0 Å². The van der Waals surface area contributed by atoms with E-state index in [-0.39, 0.29) is 42.8 Å².